The summed E-state index contributed by atoms with van der Waals surface area (Å²) in [6, 6.07) is 8.15. The Hall–Kier alpha value is -3.70. The monoisotopic (exact) mass is 445 g/mol. The number of hydrogen-bond donors (Lipinski definition) is 1. The zero-order valence-corrected chi connectivity index (χ0v) is 15.4. The quantitative estimate of drug-likeness (QED) is 0.524. The van der Waals surface area contributed by atoms with Gasteiger partial charge in [0, 0.05) is 12.3 Å². The van der Waals surface area contributed by atoms with Gasteiger partial charge in [0.2, 0.25) is 0 Å². The average molecular weight is 445 g/mol. The van der Waals surface area contributed by atoms with E-state index in [0.717, 1.165) is 28.9 Å². The van der Waals surface area contributed by atoms with Crippen LogP contribution in [-0.2, 0) is 12.9 Å². The number of anilines is 1. The molecular formula is C19H13F6N3O3. The standard InChI is InChI=1S/C19H13F6N3O3/c20-12-4-5-14(16(9-12)31-18(21)22)26-17(29)15-6-7-28(27-15)10-30-13-3-1-2-11(8-13)19(23,24)25/h1-9,18H,10H2,(H,26,29). The molecule has 0 unspecified atom stereocenters. The minimum absolute atomic E-state index is 0.0589. The van der Waals surface area contributed by atoms with Crippen LogP contribution in [0.15, 0.2) is 54.7 Å². The fourth-order valence-corrected chi connectivity index (χ4v) is 2.44. The summed E-state index contributed by atoms with van der Waals surface area (Å²) < 4.78 is 86.9. The number of alkyl halides is 5. The van der Waals surface area contributed by atoms with Crippen molar-refractivity contribution in [2.45, 2.75) is 19.5 Å². The van der Waals surface area contributed by atoms with Gasteiger partial charge in [0.1, 0.15) is 11.6 Å². The Balaban J connectivity index is 1.65. The van der Waals surface area contributed by atoms with Gasteiger partial charge in [0.05, 0.1) is 11.3 Å². The van der Waals surface area contributed by atoms with E-state index < -0.39 is 35.8 Å². The third kappa shape index (κ3) is 5.90. The van der Waals surface area contributed by atoms with Crippen LogP contribution in [0, 0.1) is 5.82 Å². The second kappa shape index (κ2) is 8.98. The lowest BCUT2D eigenvalue weighted by molar-refractivity contribution is -0.137. The van der Waals surface area contributed by atoms with Crippen molar-refractivity contribution in [3.05, 3.63) is 71.8 Å². The molecule has 3 rings (SSSR count). The fourth-order valence-electron chi connectivity index (χ4n) is 2.44. The van der Waals surface area contributed by atoms with E-state index in [1.54, 1.807) is 0 Å². The molecule has 1 heterocycles. The van der Waals surface area contributed by atoms with E-state index in [0.29, 0.717) is 6.07 Å². The van der Waals surface area contributed by atoms with Gasteiger partial charge >= 0.3 is 12.8 Å². The van der Waals surface area contributed by atoms with Gasteiger partial charge in [-0.05, 0) is 36.4 Å². The molecule has 1 N–H and O–H groups in total. The maximum absolute atomic E-state index is 13.2. The van der Waals surface area contributed by atoms with Crippen LogP contribution in [-0.4, -0.2) is 22.3 Å². The minimum Gasteiger partial charge on any atom is -0.471 e. The normalized spacial score (nSPS) is 11.5. The fraction of sp³-hybridized carbons (Fsp3) is 0.158. The number of rotatable bonds is 7. The molecule has 164 valence electrons. The molecule has 0 saturated heterocycles. The minimum atomic E-state index is -4.52. The van der Waals surface area contributed by atoms with Crippen LogP contribution >= 0.6 is 0 Å². The van der Waals surface area contributed by atoms with Crippen LogP contribution in [0.25, 0.3) is 0 Å². The number of carbonyl (C=O) groups excluding carboxylic acids is 1. The van der Waals surface area contributed by atoms with Gasteiger partial charge < -0.3 is 14.8 Å². The van der Waals surface area contributed by atoms with Crippen LogP contribution < -0.4 is 14.8 Å². The predicted molar refractivity (Wildman–Crippen MR) is 95.3 cm³/mol. The van der Waals surface area contributed by atoms with Gasteiger partial charge in [-0.3, -0.25) is 4.79 Å². The molecular weight excluding hydrogens is 432 g/mol. The first kappa shape index (κ1) is 22.0. The van der Waals surface area contributed by atoms with E-state index in [1.165, 1.54) is 24.4 Å². The zero-order valence-electron chi connectivity index (χ0n) is 15.4. The topological polar surface area (TPSA) is 65.4 Å². The van der Waals surface area contributed by atoms with Crippen molar-refractivity contribution in [3.8, 4) is 11.5 Å². The molecule has 0 radical (unpaired) electrons. The number of nitrogens with zero attached hydrogens (tertiary/aromatic N) is 2. The van der Waals surface area contributed by atoms with E-state index >= 15 is 0 Å². The number of halogens is 6. The van der Waals surface area contributed by atoms with Crippen molar-refractivity contribution in [1.82, 2.24) is 9.78 Å². The smallest absolute Gasteiger partial charge is 0.416 e. The Morgan fingerprint density at radius 3 is 2.61 bits per heavy atom. The molecule has 0 aliphatic rings. The van der Waals surface area contributed by atoms with Crippen LogP contribution in [0.5, 0.6) is 11.5 Å². The van der Waals surface area contributed by atoms with Crippen molar-refractivity contribution in [1.29, 1.82) is 0 Å². The summed E-state index contributed by atoms with van der Waals surface area (Å²) in [6.07, 6.45) is -3.20. The summed E-state index contributed by atoms with van der Waals surface area (Å²) in [5.74, 6) is -2.29. The number of amides is 1. The Morgan fingerprint density at radius 1 is 1.13 bits per heavy atom. The number of nitrogens with one attached hydrogen (secondary N) is 1. The summed E-state index contributed by atoms with van der Waals surface area (Å²) in [6.45, 7) is -3.53. The van der Waals surface area contributed by atoms with Crippen molar-refractivity contribution in [2.75, 3.05) is 5.32 Å². The largest absolute Gasteiger partial charge is 0.471 e. The highest BCUT2D eigenvalue weighted by molar-refractivity contribution is 6.03. The summed E-state index contributed by atoms with van der Waals surface area (Å²) in [4.78, 5) is 12.3. The van der Waals surface area contributed by atoms with Gasteiger partial charge in [-0.1, -0.05) is 6.07 Å². The van der Waals surface area contributed by atoms with Crippen LogP contribution in [0.2, 0.25) is 0 Å². The molecule has 0 bridgehead atoms. The Morgan fingerprint density at radius 2 is 1.90 bits per heavy atom. The first-order valence-corrected chi connectivity index (χ1v) is 8.51. The van der Waals surface area contributed by atoms with Crippen LogP contribution in [0.3, 0.4) is 0 Å². The number of hydrogen-bond acceptors (Lipinski definition) is 4. The lowest BCUT2D eigenvalue weighted by Gasteiger charge is -2.11. The maximum atomic E-state index is 13.2. The van der Waals surface area contributed by atoms with E-state index in [2.05, 4.69) is 15.2 Å². The lowest BCUT2D eigenvalue weighted by Crippen LogP contribution is -2.16. The molecule has 1 amide bonds. The van der Waals surface area contributed by atoms with Gasteiger partial charge in [-0.25, -0.2) is 9.07 Å². The number of carbonyl (C=O) groups is 1. The van der Waals surface area contributed by atoms with Gasteiger partial charge in [-0.2, -0.15) is 27.1 Å². The van der Waals surface area contributed by atoms with Gasteiger partial charge in [0.15, 0.2) is 18.2 Å². The Kier molecular flexibility index (Phi) is 6.37. The maximum Gasteiger partial charge on any atom is 0.416 e. The third-order valence-corrected chi connectivity index (χ3v) is 3.81. The molecule has 3 aromatic rings. The van der Waals surface area contributed by atoms with E-state index in [4.69, 9.17) is 4.74 Å². The highest BCUT2D eigenvalue weighted by atomic mass is 19.4. The SMILES string of the molecule is O=C(Nc1ccc(F)cc1OC(F)F)c1ccn(COc2cccc(C(F)(F)F)c2)n1. The van der Waals surface area contributed by atoms with Crippen LogP contribution in [0.1, 0.15) is 16.1 Å². The summed E-state index contributed by atoms with van der Waals surface area (Å²) in [5, 5.41) is 6.16. The molecule has 1 aromatic heterocycles. The molecule has 0 saturated carbocycles. The molecule has 0 fully saturated rings. The number of benzene rings is 2. The van der Waals surface area contributed by atoms with E-state index in [1.807, 2.05) is 0 Å². The predicted octanol–water partition coefficient (Wildman–Crippen LogP) is 4.93. The van der Waals surface area contributed by atoms with E-state index in [-0.39, 0.29) is 23.9 Å². The van der Waals surface area contributed by atoms with Crippen LogP contribution in [0.4, 0.5) is 32.0 Å². The Labute approximate surface area is 171 Å². The molecule has 6 nitrogen and oxygen atoms in total. The highest BCUT2D eigenvalue weighted by Crippen LogP contribution is 2.31. The van der Waals surface area contributed by atoms with Crippen molar-refractivity contribution >= 4 is 11.6 Å². The molecule has 31 heavy (non-hydrogen) atoms. The Bertz CT molecular complexity index is 1070. The van der Waals surface area contributed by atoms with E-state index in [9.17, 15) is 31.1 Å². The molecule has 0 aliphatic carbocycles. The second-order valence-electron chi connectivity index (χ2n) is 6.01. The molecule has 0 aliphatic heterocycles. The molecule has 2 aromatic carbocycles. The summed E-state index contributed by atoms with van der Waals surface area (Å²) in [7, 11) is 0. The summed E-state index contributed by atoms with van der Waals surface area (Å²) in [5.41, 5.74) is -1.24. The molecule has 12 heteroatoms. The van der Waals surface area contributed by atoms with Crippen molar-refractivity contribution in [2.24, 2.45) is 0 Å². The number of ether oxygens (including phenoxy) is 2. The first-order chi connectivity index (χ1) is 14.6. The van der Waals surface area contributed by atoms with Gasteiger partial charge in [0.25, 0.3) is 5.91 Å². The van der Waals surface area contributed by atoms with Crippen molar-refractivity contribution < 1.29 is 40.6 Å². The number of aromatic nitrogens is 2. The molecule has 0 atom stereocenters. The van der Waals surface area contributed by atoms with Crippen molar-refractivity contribution in [3.63, 3.8) is 0 Å². The molecule has 0 spiro atoms. The first-order valence-electron chi connectivity index (χ1n) is 8.51. The van der Waals surface area contributed by atoms with Gasteiger partial charge in [-0.15, -0.1) is 0 Å². The second-order valence-corrected chi connectivity index (χ2v) is 6.01. The summed E-state index contributed by atoms with van der Waals surface area (Å²) >= 11 is 0. The highest BCUT2D eigenvalue weighted by Gasteiger charge is 2.30. The third-order valence-electron chi connectivity index (χ3n) is 3.81. The zero-order chi connectivity index (χ0) is 22.6. The average Bonchev–Trinajstić information content (AvgIpc) is 3.17. The lowest BCUT2D eigenvalue weighted by atomic mass is 10.2.